The molecule has 1 fully saturated rings. The molecular formula is C18H24ClN3O3. The first-order valence-electron chi connectivity index (χ1n) is 8.52. The van der Waals surface area contributed by atoms with Gasteiger partial charge in [-0.3, -0.25) is 14.4 Å². The van der Waals surface area contributed by atoms with Crippen molar-refractivity contribution in [3.05, 3.63) is 29.8 Å². The summed E-state index contributed by atoms with van der Waals surface area (Å²) in [5.74, 6) is 0.284. The van der Waals surface area contributed by atoms with Crippen LogP contribution in [0.4, 0.5) is 5.69 Å². The molecule has 1 saturated heterocycles. The summed E-state index contributed by atoms with van der Waals surface area (Å²) in [7, 11) is 0. The molecule has 3 amide bonds. The van der Waals surface area contributed by atoms with Crippen molar-refractivity contribution in [2.45, 2.75) is 38.6 Å². The van der Waals surface area contributed by atoms with Gasteiger partial charge in [-0.15, -0.1) is 11.6 Å². The van der Waals surface area contributed by atoms with Crippen LogP contribution < -0.4 is 10.6 Å². The largest absolute Gasteiger partial charge is 0.349 e. The number of benzene rings is 1. The number of nitrogens with zero attached hydrogens (tertiary/aromatic N) is 1. The molecule has 1 heterocycles. The van der Waals surface area contributed by atoms with Crippen molar-refractivity contribution >= 4 is 35.0 Å². The Hall–Kier alpha value is -2.08. The van der Waals surface area contributed by atoms with Crippen molar-refractivity contribution in [3.63, 3.8) is 0 Å². The van der Waals surface area contributed by atoms with Crippen LogP contribution in [-0.4, -0.2) is 47.6 Å². The molecule has 0 radical (unpaired) electrons. The van der Waals surface area contributed by atoms with Crippen molar-refractivity contribution in [3.8, 4) is 0 Å². The van der Waals surface area contributed by atoms with Crippen molar-refractivity contribution in [2.75, 3.05) is 24.3 Å². The molecule has 136 valence electrons. The number of likely N-dealkylation sites (tertiary alicyclic amines) is 1. The van der Waals surface area contributed by atoms with Gasteiger partial charge in [0.15, 0.2) is 0 Å². The van der Waals surface area contributed by atoms with E-state index in [0.717, 1.165) is 12.8 Å². The molecule has 0 unspecified atom stereocenters. The Morgan fingerprint density at radius 1 is 1.24 bits per heavy atom. The molecule has 2 N–H and O–H groups in total. The summed E-state index contributed by atoms with van der Waals surface area (Å²) in [4.78, 5) is 37.3. The van der Waals surface area contributed by atoms with E-state index in [1.165, 1.54) is 6.92 Å². The number of rotatable bonds is 6. The third-order valence-corrected chi connectivity index (χ3v) is 4.42. The average Bonchev–Trinajstić information content (AvgIpc) is 2.60. The fraction of sp³-hybridized carbons (Fsp3) is 0.500. The average molecular weight is 366 g/mol. The van der Waals surface area contributed by atoms with E-state index >= 15 is 0 Å². The topological polar surface area (TPSA) is 78.5 Å². The lowest BCUT2D eigenvalue weighted by Gasteiger charge is -2.32. The number of carbonyl (C=O) groups excluding carboxylic acids is 3. The molecule has 0 spiro atoms. The molecule has 1 aromatic carbocycles. The standard InChI is InChI=1S/C18H24ClN3O3/c1-13(23)20-16-5-2-4-14(12-16)18(25)21-15-7-10-22(11-8-15)17(24)6-3-9-19/h2,4-5,12,15H,3,6-11H2,1H3,(H,20,23)(H,21,25). The van der Waals surface area contributed by atoms with Gasteiger partial charge in [0.25, 0.3) is 5.91 Å². The number of anilines is 1. The van der Waals surface area contributed by atoms with Crippen LogP contribution in [0.25, 0.3) is 0 Å². The molecular weight excluding hydrogens is 342 g/mol. The Kier molecular flexibility index (Phi) is 7.25. The molecule has 0 aliphatic carbocycles. The van der Waals surface area contributed by atoms with Gasteiger partial charge in [0, 0.05) is 49.6 Å². The van der Waals surface area contributed by atoms with Gasteiger partial charge in [-0.2, -0.15) is 0 Å². The number of amides is 3. The Labute approximate surface area is 152 Å². The zero-order valence-corrected chi connectivity index (χ0v) is 15.1. The molecule has 0 atom stereocenters. The zero-order chi connectivity index (χ0) is 18.2. The second-order valence-electron chi connectivity index (χ2n) is 6.18. The first-order valence-corrected chi connectivity index (χ1v) is 9.05. The van der Waals surface area contributed by atoms with Gasteiger partial charge < -0.3 is 15.5 Å². The van der Waals surface area contributed by atoms with E-state index in [0.29, 0.717) is 43.1 Å². The SMILES string of the molecule is CC(=O)Nc1cccc(C(=O)NC2CCN(C(=O)CCCCl)CC2)c1. The number of piperidine rings is 1. The monoisotopic (exact) mass is 365 g/mol. The normalized spacial score (nSPS) is 14.9. The predicted octanol–water partition coefficient (Wildman–Crippen LogP) is 2.38. The zero-order valence-electron chi connectivity index (χ0n) is 14.4. The van der Waals surface area contributed by atoms with Gasteiger partial charge in [-0.05, 0) is 37.5 Å². The van der Waals surface area contributed by atoms with E-state index in [9.17, 15) is 14.4 Å². The number of nitrogens with one attached hydrogen (secondary N) is 2. The Morgan fingerprint density at radius 3 is 2.60 bits per heavy atom. The van der Waals surface area contributed by atoms with Crippen molar-refractivity contribution < 1.29 is 14.4 Å². The number of hydrogen-bond acceptors (Lipinski definition) is 3. The van der Waals surface area contributed by atoms with E-state index < -0.39 is 0 Å². The van der Waals surface area contributed by atoms with E-state index in [2.05, 4.69) is 10.6 Å². The summed E-state index contributed by atoms with van der Waals surface area (Å²) in [5.41, 5.74) is 1.10. The van der Waals surface area contributed by atoms with Gasteiger partial charge in [0.2, 0.25) is 11.8 Å². The molecule has 2 rings (SSSR count). The van der Waals surface area contributed by atoms with Crippen LogP contribution in [0.2, 0.25) is 0 Å². The lowest BCUT2D eigenvalue weighted by molar-refractivity contribution is -0.132. The van der Waals surface area contributed by atoms with E-state index in [4.69, 9.17) is 11.6 Å². The second kappa shape index (κ2) is 9.42. The molecule has 6 nitrogen and oxygen atoms in total. The highest BCUT2D eigenvalue weighted by Crippen LogP contribution is 2.15. The second-order valence-corrected chi connectivity index (χ2v) is 6.56. The molecule has 1 aliphatic heterocycles. The maximum Gasteiger partial charge on any atom is 0.251 e. The van der Waals surface area contributed by atoms with Gasteiger partial charge >= 0.3 is 0 Å². The van der Waals surface area contributed by atoms with Crippen LogP contribution in [0.5, 0.6) is 0 Å². The Bertz CT molecular complexity index is 628. The number of hydrogen-bond donors (Lipinski definition) is 2. The van der Waals surface area contributed by atoms with Gasteiger partial charge in [0.1, 0.15) is 0 Å². The smallest absolute Gasteiger partial charge is 0.251 e. The third-order valence-electron chi connectivity index (χ3n) is 4.15. The minimum absolute atomic E-state index is 0.0500. The summed E-state index contributed by atoms with van der Waals surface area (Å²) in [6.45, 7) is 2.73. The van der Waals surface area contributed by atoms with E-state index in [-0.39, 0.29) is 23.8 Å². The fourth-order valence-electron chi connectivity index (χ4n) is 2.86. The summed E-state index contributed by atoms with van der Waals surface area (Å²) in [6, 6.07) is 6.89. The number of alkyl halides is 1. The quantitative estimate of drug-likeness (QED) is 0.760. The first-order chi connectivity index (χ1) is 12.0. The van der Waals surface area contributed by atoms with Crippen LogP contribution in [0, 0.1) is 0 Å². The van der Waals surface area contributed by atoms with Crippen molar-refractivity contribution in [2.24, 2.45) is 0 Å². The first kappa shape index (κ1) is 19.2. The molecule has 0 aromatic heterocycles. The van der Waals surface area contributed by atoms with Gasteiger partial charge in [-0.25, -0.2) is 0 Å². The molecule has 1 aliphatic rings. The van der Waals surface area contributed by atoms with Gasteiger partial charge in [-0.1, -0.05) is 6.07 Å². The fourth-order valence-corrected chi connectivity index (χ4v) is 2.99. The lowest BCUT2D eigenvalue weighted by atomic mass is 10.0. The summed E-state index contributed by atoms with van der Waals surface area (Å²) >= 11 is 5.62. The Morgan fingerprint density at radius 2 is 1.96 bits per heavy atom. The molecule has 7 heteroatoms. The van der Waals surface area contributed by atoms with Crippen LogP contribution in [-0.2, 0) is 9.59 Å². The maximum absolute atomic E-state index is 12.4. The summed E-state index contributed by atoms with van der Waals surface area (Å²) < 4.78 is 0. The predicted molar refractivity (Wildman–Crippen MR) is 97.8 cm³/mol. The highest BCUT2D eigenvalue weighted by molar-refractivity contribution is 6.17. The lowest BCUT2D eigenvalue weighted by Crippen LogP contribution is -2.46. The third kappa shape index (κ3) is 6.05. The highest BCUT2D eigenvalue weighted by atomic mass is 35.5. The van der Waals surface area contributed by atoms with Crippen LogP contribution in [0.15, 0.2) is 24.3 Å². The molecule has 0 saturated carbocycles. The van der Waals surface area contributed by atoms with Crippen LogP contribution >= 0.6 is 11.6 Å². The Balaban J connectivity index is 1.84. The minimum atomic E-state index is -0.177. The minimum Gasteiger partial charge on any atom is -0.349 e. The molecule has 0 bridgehead atoms. The molecule has 1 aromatic rings. The highest BCUT2D eigenvalue weighted by Gasteiger charge is 2.23. The van der Waals surface area contributed by atoms with Crippen LogP contribution in [0.3, 0.4) is 0 Å². The van der Waals surface area contributed by atoms with E-state index in [1.807, 2.05) is 4.90 Å². The number of halogens is 1. The summed E-state index contributed by atoms with van der Waals surface area (Å²) in [5, 5.41) is 5.67. The number of carbonyl (C=O) groups is 3. The van der Waals surface area contributed by atoms with Crippen LogP contribution in [0.1, 0.15) is 43.0 Å². The van der Waals surface area contributed by atoms with Crippen molar-refractivity contribution in [1.82, 2.24) is 10.2 Å². The molecule has 25 heavy (non-hydrogen) atoms. The van der Waals surface area contributed by atoms with Crippen molar-refractivity contribution in [1.29, 1.82) is 0 Å². The van der Waals surface area contributed by atoms with Gasteiger partial charge in [0.05, 0.1) is 0 Å². The summed E-state index contributed by atoms with van der Waals surface area (Å²) in [6.07, 6.45) is 2.66. The van der Waals surface area contributed by atoms with E-state index in [1.54, 1.807) is 24.3 Å². The maximum atomic E-state index is 12.4.